The van der Waals surface area contributed by atoms with Gasteiger partial charge < -0.3 is 19.8 Å². The fraction of sp³-hybridized carbons (Fsp3) is 0.412. The Hall–Kier alpha value is -2.34. The third kappa shape index (κ3) is 2.94. The third-order valence-corrected chi connectivity index (χ3v) is 4.54. The Morgan fingerprint density at radius 1 is 1.35 bits per heavy atom. The molecule has 120 valence electrons. The average Bonchev–Trinajstić information content (AvgIpc) is 3.25. The number of aryl methyl sites for hydroxylation is 1. The number of carbonyl (C=O) groups is 1. The first kappa shape index (κ1) is 14.3. The van der Waals surface area contributed by atoms with E-state index in [1.165, 1.54) is 6.42 Å². The van der Waals surface area contributed by atoms with E-state index in [1.54, 1.807) is 37.4 Å². The Morgan fingerprint density at radius 3 is 2.78 bits per heavy atom. The van der Waals surface area contributed by atoms with Crippen molar-refractivity contribution in [3.63, 3.8) is 0 Å². The summed E-state index contributed by atoms with van der Waals surface area (Å²) in [5.74, 6) is 1.24. The number of aromatic nitrogens is 1. The predicted octanol–water partition coefficient (Wildman–Crippen LogP) is 2.40. The van der Waals surface area contributed by atoms with Crippen LogP contribution in [0.4, 0.5) is 0 Å². The molecule has 2 aromatic rings. The van der Waals surface area contributed by atoms with E-state index in [9.17, 15) is 4.79 Å². The van der Waals surface area contributed by atoms with Gasteiger partial charge in [0.15, 0.2) is 0 Å². The molecule has 2 aliphatic heterocycles. The molecule has 1 aromatic carbocycles. The summed E-state index contributed by atoms with van der Waals surface area (Å²) in [5, 5.41) is 6.65. The molecule has 23 heavy (non-hydrogen) atoms. The first-order valence-corrected chi connectivity index (χ1v) is 7.94. The number of amides is 1. The van der Waals surface area contributed by atoms with Crippen LogP contribution in [0.3, 0.4) is 0 Å². The summed E-state index contributed by atoms with van der Waals surface area (Å²) in [6.07, 6.45) is 5.20. The molecule has 2 N–H and O–H groups in total. The molecular weight excluding hydrogens is 294 g/mol. The van der Waals surface area contributed by atoms with Crippen molar-refractivity contribution in [1.29, 1.82) is 0 Å². The van der Waals surface area contributed by atoms with Gasteiger partial charge in [0.05, 0.1) is 6.20 Å². The average molecular weight is 313 g/mol. The van der Waals surface area contributed by atoms with Crippen molar-refractivity contribution in [2.45, 2.75) is 44.3 Å². The zero-order valence-corrected chi connectivity index (χ0v) is 12.9. The maximum atomic E-state index is 12.3. The Morgan fingerprint density at radius 2 is 2.17 bits per heavy atom. The summed E-state index contributed by atoms with van der Waals surface area (Å²) < 4.78 is 10.8. The first-order valence-electron chi connectivity index (χ1n) is 7.94. The first-order chi connectivity index (χ1) is 11.2. The van der Waals surface area contributed by atoms with Crippen LogP contribution in [0.5, 0.6) is 11.8 Å². The van der Waals surface area contributed by atoms with Crippen molar-refractivity contribution in [2.75, 3.05) is 0 Å². The minimum absolute atomic E-state index is 0.0390. The van der Waals surface area contributed by atoms with Crippen LogP contribution >= 0.6 is 0 Å². The number of benzene rings is 1. The molecule has 3 heterocycles. The molecule has 0 aliphatic carbocycles. The van der Waals surface area contributed by atoms with Gasteiger partial charge in [-0.05, 0) is 50.5 Å². The van der Waals surface area contributed by atoms with Gasteiger partial charge in [0.1, 0.15) is 11.5 Å². The minimum Gasteiger partial charge on any atom is -0.414 e. The van der Waals surface area contributed by atoms with Gasteiger partial charge in [0, 0.05) is 23.7 Å². The van der Waals surface area contributed by atoms with Crippen molar-refractivity contribution in [3.05, 3.63) is 41.8 Å². The van der Waals surface area contributed by atoms with E-state index < -0.39 is 0 Å². The normalized spacial score (nSPS) is 25.5. The lowest BCUT2D eigenvalue weighted by molar-refractivity contribution is 0.0931. The summed E-state index contributed by atoms with van der Waals surface area (Å²) in [6.45, 7) is 1.80. The van der Waals surface area contributed by atoms with E-state index in [0.717, 1.165) is 12.8 Å². The summed E-state index contributed by atoms with van der Waals surface area (Å²) in [5.41, 5.74) is 0.628. The molecular formula is C17H19N3O3. The standard InChI is InChI=1S/C17H19N3O3/c1-10-9-18-17(22-10)23-13-5-2-11(3-6-13)16(21)20-15-8-12-4-7-14(15)19-12/h2-3,5-6,9,12,14-15,19H,4,7-8H2,1H3,(H,20,21). The molecule has 2 fully saturated rings. The van der Waals surface area contributed by atoms with Crippen molar-refractivity contribution in [2.24, 2.45) is 0 Å². The maximum absolute atomic E-state index is 12.3. The number of ether oxygens (including phenoxy) is 1. The SMILES string of the molecule is Cc1cnc(Oc2ccc(C(=O)NC3CC4CCC3N4)cc2)o1. The topological polar surface area (TPSA) is 76.4 Å². The Bertz CT molecular complexity index is 710. The number of nitrogens with zero attached hydrogens (tertiary/aromatic N) is 1. The molecule has 6 heteroatoms. The van der Waals surface area contributed by atoms with Gasteiger partial charge in [-0.1, -0.05) is 0 Å². The molecule has 0 spiro atoms. The summed E-state index contributed by atoms with van der Waals surface area (Å²) in [4.78, 5) is 16.3. The van der Waals surface area contributed by atoms with Crippen LogP contribution in [0.15, 0.2) is 34.9 Å². The van der Waals surface area contributed by atoms with Crippen molar-refractivity contribution in [1.82, 2.24) is 15.6 Å². The van der Waals surface area contributed by atoms with Crippen molar-refractivity contribution >= 4 is 5.91 Å². The lowest BCUT2D eigenvalue weighted by atomic mass is 9.95. The van der Waals surface area contributed by atoms with Crippen LogP contribution < -0.4 is 15.4 Å². The molecule has 0 radical (unpaired) electrons. The van der Waals surface area contributed by atoms with Crippen LogP contribution in [0, 0.1) is 6.92 Å². The minimum atomic E-state index is -0.0390. The van der Waals surface area contributed by atoms with Crippen molar-refractivity contribution in [3.8, 4) is 11.8 Å². The molecule has 1 amide bonds. The van der Waals surface area contributed by atoms with Crippen LogP contribution in [-0.4, -0.2) is 29.0 Å². The molecule has 3 unspecified atom stereocenters. The van der Waals surface area contributed by atoms with Crippen LogP contribution in [0.1, 0.15) is 35.4 Å². The van der Waals surface area contributed by atoms with Gasteiger partial charge >= 0.3 is 6.08 Å². The zero-order valence-electron chi connectivity index (χ0n) is 12.9. The highest BCUT2D eigenvalue weighted by Crippen LogP contribution is 2.28. The van der Waals surface area contributed by atoms with Gasteiger partial charge in [-0.15, -0.1) is 0 Å². The second kappa shape index (κ2) is 5.70. The number of nitrogens with one attached hydrogen (secondary N) is 2. The summed E-state index contributed by atoms with van der Waals surface area (Å²) in [6, 6.07) is 8.24. The molecule has 0 saturated carbocycles. The lowest BCUT2D eigenvalue weighted by Gasteiger charge is -2.21. The lowest BCUT2D eigenvalue weighted by Crippen LogP contribution is -2.42. The largest absolute Gasteiger partial charge is 0.414 e. The van der Waals surface area contributed by atoms with E-state index in [4.69, 9.17) is 9.15 Å². The van der Waals surface area contributed by atoms with Crippen molar-refractivity contribution < 1.29 is 13.9 Å². The monoisotopic (exact) mass is 313 g/mol. The molecule has 4 rings (SSSR count). The highest BCUT2D eigenvalue weighted by molar-refractivity contribution is 5.94. The van der Waals surface area contributed by atoms with Crippen LogP contribution in [0.25, 0.3) is 0 Å². The molecule has 3 atom stereocenters. The van der Waals surface area contributed by atoms with E-state index in [-0.39, 0.29) is 18.0 Å². The summed E-state index contributed by atoms with van der Waals surface area (Å²) >= 11 is 0. The number of hydrogen-bond acceptors (Lipinski definition) is 5. The van der Waals surface area contributed by atoms with E-state index in [0.29, 0.717) is 29.2 Å². The molecule has 2 aliphatic rings. The fourth-order valence-corrected chi connectivity index (χ4v) is 3.39. The highest BCUT2D eigenvalue weighted by Gasteiger charge is 2.39. The zero-order chi connectivity index (χ0) is 15.8. The Kier molecular flexibility index (Phi) is 3.53. The number of rotatable bonds is 4. The third-order valence-electron chi connectivity index (χ3n) is 4.54. The second-order valence-electron chi connectivity index (χ2n) is 6.23. The second-order valence-corrected chi connectivity index (χ2v) is 6.23. The van der Waals surface area contributed by atoms with Gasteiger partial charge in [0.25, 0.3) is 5.91 Å². The molecule has 2 saturated heterocycles. The molecule has 6 nitrogen and oxygen atoms in total. The Balaban J connectivity index is 1.38. The quantitative estimate of drug-likeness (QED) is 0.906. The number of hydrogen-bond donors (Lipinski definition) is 2. The number of carbonyl (C=O) groups excluding carboxylic acids is 1. The summed E-state index contributed by atoms with van der Waals surface area (Å²) in [7, 11) is 0. The van der Waals surface area contributed by atoms with Crippen LogP contribution in [-0.2, 0) is 0 Å². The van der Waals surface area contributed by atoms with E-state index >= 15 is 0 Å². The van der Waals surface area contributed by atoms with Gasteiger partial charge in [-0.25, -0.2) is 0 Å². The molecule has 2 bridgehead atoms. The number of oxazole rings is 1. The smallest absolute Gasteiger partial charge is 0.399 e. The van der Waals surface area contributed by atoms with Crippen LogP contribution in [0.2, 0.25) is 0 Å². The fourth-order valence-electron chi connectivity index (χ4n) is 3.39. The van der Waals surface area contributed by atoms with E-state index in [1.807, 2.05) is 0 Å². The maximum Gasteiger partial charge on any atom is 0.399 e. The predicted molar refractivity (Wildman–Crippen MR) is 83.6 cm³/mol. The Labute approximate surface area is 134 Å². The van der Waals surface area contributed by atoms with Gasteiger partial charge in [0.2, 0.25) is 0 Å². The highest BCUT2D eigenvalue weighted by atomic mass is 16.6. The number of fused-ring (bicyclic) bond motifs is 2. The molecule has 1 aromatic heterocycles. The van der Waals surface area contributed by atoms with Gasteiger partial charge in [-0.2, -0.15) is 4.98 Å². The van der Waals surface area contributed by atoms with E-state index in [2.05, 4.69) is 15.6 Å². The van der Waals surface area contributed by atoms with Gasteiger partial charge in [-0.3, -0.25) is 4.79 Å².